The van der Waals surface area contributed by atoms with Crippen molar-refractivity contribution < 1.29 is 19.7 Å². The molecule has 0 aromatic heterocycles. The van der Waals surface area contributed by atoms with E-state index in [1.54, 1.807) is 0 Å². The Morgan fingerprint density at radius 1 is 1.57 bits per heavy atom. The molecule has 0 aromatic rings. The van der Waals surface area contributed by atoms with Crippen LogP contribution in [0.3, 0.4) is 0 Å². The predicted octanol–water partition coefficient (Wildman–Crippen LogP) is 0.966. The van der Waals surface area contributed by atoms with Gasteiger partial charge in [-0.2, -0.15) is 0 Å². The second-order valence-electron chi connectivity index (χ2n) is 4.14. The SMILES string of the molecule is C[C@@H]1CC[C@@H]2C(C(=O)O)=CO[C@H](O)[C@H]12. The molecule has 1 saturated carbocycles. The number of carbonyl (C=O) groups is 1. The molecule has 78 valence electrons. The van der Waals surface area contributed by atoms with Crippen LogP contribution < -0.4 is 0 Å². The van der Waals surface area contributed by atoms with Crippen LogP contribution in [0.2, 0.25) is 0 Å². The molecule has 4 nitrogen and oxygen atoms in total. The molecule has 1 fully saturated rings. The molecule has 4 heteroatoms. The fourth-order valence-electron chi connectivity index (χ4n) is 2.60. The molecule has 0 unspecified atom stereocenters. The minimum Gasteiger partial charge on any atom is -0.478 e. The molecule has 0 spiro atoms. The van der Waals surface area contributed by atoms with Crippen LogP contribution in [-0.2, 0) is 9.53 Å². The van der Waals surface area contributed by atoms with Crippen molar-refractivity contribution in [2.75, 3.05) is 0 Å². The van der Waals surface area contributed by atoms with E-state index in [2.05, 4.69) is 0 Å². The fraction of sp³-hybridized carbons (Fsp3) is 0.700. The molecule has 0 bridgehead atoms. The largest absolute Gasteiger partial charge is 0.478 e. The summed E-state index contributed by atoms with van der Waals surface area (Å²) >= 11 is 0. The number of aliphatic hydroxyl groups is 1. The summed E-state index contributed by atoms with van der Waals surface area (Å²) in [5.74, 6) is -0.684. The second kappa shape index (κ2) is 3.28. The zero-order valence-corrected chi connectivity index (χ0v) is 8.01. The normalized spacial score (nSPS) is 41.1. The summed E-state index contributed by atoms with van der Waals surface area (Å²) in [6.45, 7) is 2.03. The fourth-order valence-corrected chi connectivity index (χ4v) is 2.60. The maximum absolute atomic E-state index is 10.9. The van der Waals surface area contributed by atoms with Crippen LogP contribution in [-0.4, -0.2) is 22.5 Å². The van der Waals surface area contributed by atoms with Crippen molar-refractivity contribution in [2.24, 2.45) is 17.8 Å². The maximum atomic E-state index is 10.9. The first kappa shape index (κ1) is 9.52. The minimum absolute atomic E-state index is 0.0359. The minimum atomic E-state index is -0.930. The lowest BCUT2D eigenvalue weighted by atomic mass is 9.84. The van der Waals surface area contributed by atoms with Gasteiger partial charge in [0.25, 0.3) is 0 Å². The molecule has 4 atom stereocenters. The average Bonchev–Trinajstić information content (AvgIpc) is 2.49. The van der Waals surface area contributed by atoms with Crippen LogP contribution in [0, 0.1) is 17.8 Å². The molecule has 2 rings (SSSR count). The standard InChI is InChI=1S/C10H14O4/c1-5-2-3-6-7(9(11)12)4-14-10(13)8(5)6/h4-6,8,10,13H,2-3H2,1H3,(H,11,12)/t5-,6-,8-,10+/m1/s1. The number of aliphatic hydroxyl groups excluding tert-OH is 1. The molecule has 14 heavy (non-hydrogen) atoms. The number of fused-ring (bicyclic) bond motifs is 1. The lowest BCUT2D eigenvalue weighted by molar-refractivity contribution is -0.141. The summed E-state index contributed by atoms with van der Waals surface area (Å²) in [5.41, 5.74) is 0.310. The van der Waals surface area contributed by atoms with Gasteiger partial charge in [0, 0.05) is 11.8 Å². The first-order chi connectivity index (χ1) is 6.61. The van der Waals surface area contributed by atoms with Gasteiger partial charge in [-0.15, -0.1) is 0 Å². The molecule has 0 saturated heterocycles. The zero-order chi connectivity index (χ0) is 10.3. The van der Waals surface area contributed by atoms with Gasteiger partial charge in [0.2, 0.25) is 0 Å². The molecule has 1 aliphatic carbocycles. The highest BCUT2D eigenvalue weighted by atomic mass is 16.6. The number of carboxylic acid groups (broad SMARTS) is 1. The van der Waals surface area contributed by atoms with Crippen LogP contribution in [0.1, 0.15) is 19.8 Å². The molecular formula is C10H14O4. The number of ether oxygens (including phenoxy) is 1. The Morgan fingerprint density at radius 2 is 2.29 bits per heavy atom. The van der Waals surface area contributed by atoms with E-state index in [0.29, 0.717) is 11.5 Å². The van der Waals surface area contributed by atoms with Crippen LogP contribution in [0.15, 0.2) is 11.8 Å². The van der Waals surface area contributed by atoms with Crippen molar-refractivity contribution in [1.82, 2.24) is 0 Å². The van der Waals surface area contributed by atoms with Gasteiger partial charge in [-0.05, 0) is 18.8 Å². The highest BCUT2D eigenvalue weighted by molar-refractivity contribution is 5.87. The first-order valence-corrected chi connectivity index (χ1v) is 4.88. The number of hydrogen-bond donors (Lipinski definition) is 2. The van der Waals surface area contributed by atoms with E-state index in [1.165, 1.54) is 6.26 Å². The van der Waals surface area contributed by atoms with Gasteiger partial charge < -0.3 is 14.9 Å². The summed E-state index contributed by atoms with van der Waals surface area (Å²) in [5, 5.41) is 18.5. The van der Waals surface area contributed by atoms with E-state index < -0.39 is 12.3 Å². The zero-order valence-electron chi connectivity index (χ0n) is 8.01. The van der Waals surface area contributed by atoms with Crippen LogP contribution in [0.4, 0.5) is 0 Å². The van der Waals surface area contributed by atoms with Crippen molar-refractivity contribution in [2.45, 2.75) is 26.1 Å². The summed E-state index contributed by atoms with van der Waals surface area (Å²) in [6, 6.07) is 0. The summed E-state index contributed by atoms with van der Waals surface area (Å²) in [7, 11) is 0. The second-order valence-corrected chi connectivity index (χ2v) is 4.14. The molecule has 2 N–H and O–H groups in total. The van der Waals surface area contributed by atoms with E-state index in [4.69, 9.17) is 9.84 Å². The third-order valence-electron chi connectivity index (χ3n) is 3.36. The lowest BCUT2D eigenvalue weighted by Crippen LogP contribution is -2.35. The molecular weight excluding hydrogens is 184 g/mol. The van der Waals surface area contributed by atoms with E-state index >= 15 is 0 Å². The first-order valence-electron chi connectivity index (χ1n) is 4.88. The van der Waals surface area contributed by atoms with Crippen molar-refractivity contribution in [3.05, 3.63) is 11.8 Å². The summed E-state index contributed by atoms with van der Waals surface area (Å²) < 4.78 is 4.95. The van der Waals surface area contributed by atoms with Gasteiger partial charge >= 0.3 is 5.97 Å². The number of hydrogen-bond acceptors (Lipinski definition) is 3. The molecule has 0 amide bonds. The third-order valence-corrected chi connectivity index (χ3v) is 3.36. The van der Waals surface area contributed by atoms with Crippen molar-refractivity contribution in [3.63, 3.8) is 0 Å². The van der Waals surface area contributed by atoms with E-state index in [9.17, 15) is 9.90 Å². The quantitative estimate of drug-likeness (QED) is 0.658. The topological polar surface area (TPSA) is 66.8 Å². The Bertz CT molecular complexity index is 284. The smallest absolute Gasteiger partial charge is 0.334 e. The van der Waals surface area contributed by atoms with Crippen molar-refractivity contribution >= 4 is 5.97 Å². The molecule has 0 aromatic carbocycles. The van der Waals surface area contributed by atoms with E-state index in [-0.39, 0.29) is 11.8 Å². The van der Waals surface area contributed by atoms with Gasteiger partial charge in [-0.3, -0.25) is 0 Å². The summed E-state index contributed by atoms with van der Waals surface area (Å²) in [6.07, 6.45) is 2.16. The average molecular weight is 198 g/mol. The van der Waals surface area contributed by atoms with Crippen LogP contribution in [0.25, 0.3) is 0 Å². The highest BCUT2D eigenvalue weighted by Gasteiger charge is 2.45. The van der Waals surface area contributed by atoms with Gasteiger partial charge in [-0.1, -0.05) is 6.92 Å². The lowest BCUT2D eigenvalue weighted by Gasteiger charge is -2.31. The maximum Gasteiger partial charge on any atom is 0.334 e. The number of aliphatic carboxylic acids is 1. The molecule has 2 aliphatic rings. The van der Waals surface area contributed by atoms with Crippen molar-refractivity contribution in [3.8, 4) is 0 Å². The van der Waals surface area contributed by atoms with Gasteiger partial charge in [-0.25, -0.2) is 4.79 Å². The highest BCUT2D eigenvalue weighted by Crippen LogP contribution is 2.45. The summed E-state index contributed by atoms with van der Waals surface area (Å²) in [4.78, 5) is 10.9. The van der Waals surface area contributed by atoms with Crippen LogP contribution >= 0.6 is 0 Å². The van der Waals surface area contributed by atoms with Crippen LogP contribution in [0.5, 0.6) is 0 Å². The number of carboxylic acids is 1. The van der Waals surface area contributed by atoms with E-state index in [0.717, 1.165) is 12.8 Å². The third kappa shape index (κ3) is 1.30. The van der Waals surface area contributed by atoms with Gasteiger partial charge in [0.05, 0.1) is 11.8 Å². The Kier molecular flexibility index (Phi) is 2.23. The Morgan fingerprint density at radius 3 is 2.93 bits per heavy atom. The monoisotopic (exact) mass is 198 g/mol. The predicted molar refractivity (Wildman–Crippen MR) is 48.2 cm³/mol. The Balaban J connectivity index is 2.28. The van der Waals surface area contributed by atoms with E-state index in [1.807, 2.05) is 6.92 Å². The Labute approximate surface area is 82.2 Å². The molecule has 0 radical (unpaired) electrons. The van der Waals surface area contributed by atoms with Crippen molar-refractivity contribution in [1.29, 1.82) is 0 Å². The Hall–Kier alpha value is -1.03. The molecule has 1 heterocycles. The van der Waals surface area contributed by atoms with Gasteiger partial charge in [0.1, 0.15) is 0 Å². The number of rotatable bonds is 1. The molecule has 1 aliphatic heterocycles. The van der Waals surface area contributed by atoms with Gasteiger partial charge in [0.15, 0.2) is 6.29 Å².